The van der Waals surface area contributed by atoms with Crippen LogP contribution in [-0.2, 0) is 6.54 Å². The van der Waals surface area contributed by atoms with Gasteiger partial charge in [-0.15, -0.1) is 0 Å². The van der Waals surface area contributed by atoms with Crippen molar-refractivity contribution < 1.29 is 0 Å². The summed E-state index contributed by atoms with van der Waals surface area (Å²) in [6.07, 6.45) is 2.75. The number of hydrogen-bond acceptors (Lipinski definition) is 1. The van der Waals surface area contributed by atoms with E-state index >= 15 is 0 Å². The van der Waals surface area contributed by atoms with Crippen LogP contribution in [0.25, 0.3) is 0 Å². The van der Waals surface area contributed by atoms with Gasteiger partial charge in [-0.05, 0) is 30.9 Å². The molecule has 1 fully saturated rings. The van der Waals surface area contributed by atoms with Crippen molar-refractivity contribution in [1.29, 1.82) is 0 Å². The number of hydrogen-bond donors (Lipinski definition) is 0. The van der Waals surface area contributed by atoms with E-state index in [1.165, 1.54) is 24.9 Å². The molecule has 0 amide bonds. The molecule has 0 bridgehead atoms. The first kappa shape index (κ1) is 10.7. The second kappa shape index (κ2) is 4.80. The smallest absolute Gasteiger partial charge is 0.0236 e. The lowest BCUT2D eigenvalue weighted by Gasteiger charge is -2.27. The van der Waals surface area contributed by atoms with Gasteiger partial charge >= 0.3 is 0 Å². The van der Waals surface area contributed by atoms with E-state index in [-0.39, 0.29) is 0 Å². The van der Waals surface area contributed by atoms with Crippen molar-refractivity contribution >= 4 is 0 Å². The molecule has 82 valence electrons. The van der Waals surface area contributed by atoms with E-state index in [4.69, 9.17) is 0 Å². The predicted molar refractivity (Wildman–Crippen MR) is 64.7 cm³/mol. The molecule has 0 spiro atoms. The van der Waals surface area contributed by atoms with Gasteiger partial charge in [0.05, 0.1) is 0 Å². The Morgan fingerprint density at radius 3 is 2.67 bits per heavy atom. The van der Waals surface area contributed by atoms with E-state index in [9.17, 15) is 0 Å². The highest BCUT2D eigenvalue weighted by Gasteiger charge is 2.26. The summed E-state index contributed by atoms with van der Waals surface area (Å²) < 4.78 is 0. The van der Waals surface area contributed by atoms with Crippen LogP contribution in [0.5, 0.6) is 0 Å². The average molecular weight is 203 g/mol. The Labute approximate surface area is 93.1 Å². The second-order valence-corrected chi connectivity index (χ2v) is 4.91. The molecule has 1 atom stereocenters. The molecular weight excluding hydrogens is 182 g/mol. The fourth-order valence-corrected chi connectivity index (χ4v) is 2.62. The first-order valence-corrected chi connectivity index (χ1v) is 6.05. The van der Waals surface area contributed by atoms with Gasteiger partial charge in [0.2, 0.25) is 0 Å². The first-order chi connectivity index (χ1) is 7.27. The molecule has 0 N–H and O–H groups in total. The quantitative estimate of drug-likeness (QED) is 0.728. The maximum atomic E-state index is 2.64. The minimum Gasteiger partial charge on any atom is -0.296 e. The summed E-state index contributed by atoms with van der Waals surface area (Å²) in [7, 11) is 0. The molecule has 1 heteroatoms. The van der Waals surface area contributed by atoms with Gasteiger partial charge in [-0.25, -0.2) is 0 Å². The van der Waals surface area contributed by atoms with Crippen molar-refractivity contribution in [3.8, 4) is 0 Å². The zero-order valence-corrected chi connectivity index (χ0v) is 9.82. The zero-order chi connectivity index (χ0) is 10.7. The van der Waals surface area contributed by atoms with Crippen molar-refractivity contribution in [2.24, 2.45) is 5.92 Å². The van der Waals surface area contributed by atoms with E-state index in [0.717, 1.165) is 18.5 Å². The Kier molecular flexibility index (Phi) is 3.42. The van der Waals surface area contributed by atoms with Crippen molar-refractivity contribution in [3.63, 3.8) is 0 Å². The summed E-state index contributed by atoms with van der Waals surface area (Å²) in [6, 6.07) is 11.6. The van der Waals surface area contributed by atoms with E-state index in [1.807, 2.05) is 0 Å². The van der Waals surface area contributed by atoms with Crippen molar-refractivity contribution in [3.05, 3.63) is 35.9 Å². The number of likely N-dealkylation sites (tertiary alicyclic amines) is 1. The molecule has 1 aliphatic rings. The minimum atomic E-state index is 0.788. The van der Waals surface area contributed by atoms with Gasteiger partial charge in [-0.2, -0.15) is 0 Å². The number of benzene rings is 1. The van der Waals surface area contributed by atoms with Crippen LogP contribution < -0.4 is 0 Å². The zero-order valence-electron chi connectivity index (χ0n) is 9.82. The summed E-state index contributed by atoms with van der Waals surface area (Å²) >= 11 is 0. The Balaban J connectivity index is 2.00. The van der Waals surface area contributed by atoms with Crippen molar-refractivity contribution in [1.82, 2.24) is 4.90 Å². The Bertz CT molecular complexity index is 291. The molecule has 1 heterocycles. The van der Waals surface area contributed by atoms with Crippen LogP contribution >= 0.6 is 0 Å². The number of nitrogens with zero attached hydrogens (tertiary/aromatic N) is 1. The van der Waals surface area contributed by atoms with Gasteiger partial charge in [0, 0.05) is 12.6 Å². The molecule has 0 aromatic heterocycles. The van der Waals surface area contributed by atoms with Gasteiger partial charge in [0.1, 0.15) is 0 Å². The molecule has 2 rings (SSSR count). The van der Waals surface area contributed by atoms with E-state index < -0.39 is 0 Å². The molecule has 1 aromatic rings. The van der Waals surface area contributed by atoms with Crippen LogP contribution in [0.1, 0.15) is 32.3 Å². The summed E-state index contributed by atoms with van der Waals surface area (Å²) in [5.41, 5.74) is 1.45. The lowest BCUT2D eigenvalue weighted by molar-refractivity contribution is 0.199. The van der Waals surface area contributed by atoms with Gasteiger partial charge < -0.3 is 0 Å². The molecule has 15 heavy (non-hydrogen) atoms. The molecular formula is C14H21N. The third kappa shape index (κ3) is 2.60. The average Bonchev–Trinajstić information content (AvgIpc) is 2.67. The third-order valence-corrected chi connectivity index (χ3v) is 3.41. The lowest BCUT2D eigenvalue weighted by Crippen LogP contribution is -2.32. The monoisotopic (exact) mass is 203 g/mol. The summed E-state index contributed by atoms with van der Waals surface area (Å²) in [6.45, 7) is 7.09. The summed E-state index contributed by atoms with van der Waals surface area (Å²) in [5.74, 6) is 0.788. The van der Waals surface area contributed by atoms with Gasteiger partial charge in [0.25, 0.3) is 0 Å². The topological polar surface area (TPSA) is 3.24 Å². The van der Waals surface area contributed by atoms with Crippen LogP contribution in [0.3, 0.4) is 0 Å². The van der Waals surface area contributed by atoms with E-state index in [1.54, 1.807) is 0 Å². The van der Waals surface area contributed by atoms with Gasteiger partial charge in [-0.3, -0.25) is 4.90 Å². The maximum Gasteiger partial charge on any atom is 0.0236 e. The Morgan fingerprint density at radius 2 is 2.00 bits per heavy atom. The fourth-order valence-electron chi connectivity index (χ4n) is 2.62. The second-order valence-electron chi connectivity index (χ2n) is 4.91. The highest BCUT2D eigenvalue weighted by atomic mass is 15.2. The SMILES string of the molecule is CC(C)[C@@H]1CCCN1Cc1ccccc1. The largest absolute Gasteiger partial charge is 0.296 e. The standard InChI is InChI=1S/C14H21N/c1-12(2)14-9-6-10-15(14)11-13-7-4-3-5-8-13/h3-5,7-8,12,14H,6,9-11H2,1-2H3/t14-/m0/s1. The Hall–Kier alpha value is -0.820. The molecule has 1 saturated heterocycles. The van der Waals surface area contributed by atoms with Crippen molar-refractivity contribution in [2.45, 2.75) is 39.3 Å². The lowest BCUT2D eigenvalue weighted by atomic mass is 10.0. The van der Waals surface area contributed by atoms with Crippen LogP contribution in [0.15, 0.2) is 30.3 Å². The normalized spacial score (nSPS) is 22.5. The van der Waals surface area contributed by atoms with Crippen LogP contribution in [0.2, 0.25) is 0 Å². The molecule has 0 unspecified atom stereocenters. The molecule has 1 nitrogen and oxygen atoms in total. The molecule has 0 aliphatic carbocycles. The number of rotatable bonds is 3. The van der Waals surface area contributed by atoms with Crippen LogP contribution in [0.4, 0.5) is 0 Å². The molecule has 1 aliphatic heterocycles. The fraction of sp³-hybridized carbons (Fsp3) is 0.571. The predicted octanol–water partition coefficient (Wildman–Crippen LogP) is 3.31. The molecule has 0 radical (unpaired) electrons. The summed E-state index contributed by atoms with van der Waals surface area (Å²) in [4.78, 5) is 2.64. The molecule has 0 saturated carbocycles. The van der Waals surface area contributed by atoms with Gasteiger partial charge in [-0.1, -0.05) is 44.2 Å². The first-order valence-electron chi connectivity index (χ1n) is 6.05. The van der Waals surface area contributed by atoms with E-state index in [2.05, 4.69) is 49.1 Å². The third-order valence-electron chi connectivity index (χ3n) is 3.41. The van der Waals surface area contributed by atoms with Crippen LogP contribution in [-0.4, -0.2) is 17.5 Å². The summed E-state index contributed by atoms with van der Waals surface area (Å²) in [5, 5.41) is 0. The Morgan fingerprint density at radius 1 is 1.27 bits per heavy atom. The maximum absolute atomic E-state index is 2.64. The highest BCUT2D eigenvalue weighted by Crippen LogP contribution is 2.25. The van der Waals surface area contributed by atoms with E-state index in [0.29, 0.717) is 0 Å². The van der Waals surface area contributed by atoms with Crippen molar-refractivity contribution in [2.75, 3.05) is 6.54 Å². The van der Waals surface area contributed by atoms with Crippen LogP contribution in [0, 0.1) is 5.92 Å². The highest BCUT2D eigenvalue weighted by molar-refractivity contribution is 5.14. The minimum absolute atomic E-state index is 0.788. The molecule has 1 aromatic carbocycles. The van der Waals surface area contributed by atoms with Gasteiger partial charge in [0.15, 0.2) is 0 Å².